The van der Waals surface area contributed by atoms with Crippen LogP contribution in [0.25, 0.3) is 0 Å². The zero-order valence-corrected chi connectivity index (χ0v) is 14.0. The van der Waals surface area contributed by atoms with Crippen molar-refractivity contribution in [3.05, 3.63) is 35.9 Å². The maximum Gasteiger partial charge on any atom is 0.0473 e. The SMILES string of the molecule is CC(C)NCC(c1ccccc1)N1CCN(C(C)C)CC1. The Balaban J connectivity index is 2.02. The molecule has 0 spiro atoms. The molecule has 0 radical (unpaired) electrons. The molecule has 1 unspecified atom stereocenters. The zero-order valence-electron chi connectivity index (χ0n) is 14.0. The van der Waals surface area contributed by atoms with Crippen LogP contribution in [0, 0.1) is 0 Å². The van der Waals surface area contributed by atoms with E-state index in [9.17, 15) is 0 Å². The highest BCUT2D eigenvalue weighted by Gasteiger charge is 2.25. The van der Waals surface area contributed by atoms with Gasteiger partial charge in [-0.15, -0.1) is 0 Å². The normalized spacial score (nSPS) is 19.3. The number of piperazine rings is 1. The number of hydrogen-bond acceptors (Lipinski definition) is 3. The molecule has 1 atom stereocenters. The van der Waals surface area contributed by atoms with Crippen LogP contribution < -0.4 is 5.32 Å². The van der Waals surface area contributed by atoms with Crippen LogP contribution in [0.15, 0.2) is 30.3 Å². The lowest BCUT2D eigenvalue weighted by Crippen LogP contribution is -2.51. The van der Waals surface area contributed by atoms with Gasteiger partial charge in [-0.1, -0.05) is 44.2 Å². The van der Waals surface area contributed by atoms with Crippen LogP contribution in [0.5, 0.6) is 0 Å². The van der Waals surface area contributed by atoms with Crippen LogP contribution in [0.4, 0.5) is 0 Å². The number of hydrogen-bond donors (Lipinski definition) is 1. The van der Waals surface area contributed by atoms with Crippen molar-refractivity contribution in [1.29, 1.82) is 0 Å². The second-order valence-corrected chi connectivity index (χ2v) is 6.66. The molecule has 1 saturated heterocycles. The van der Waals surface area contributed by atoms with Gasteiger partial charge in [0.15, 0.2) is 0 Å². The summed E-state index contributed by atoms with van der Waals surface area (Å²) in [6, 6.07) is 12.6. The zero-order chi connectivity index (χ0) is 15.2. The second-order valence-electron chi connectivity index (χ2n) is 6.66. The predicted molar refractivity (Wildman–Crippen MR) is 90.6 cm³/mol. The summed E-state index contributed by atoms with van der Waals surface area (Å²) < 4.78 is 0. The number of benzene rings is 1. The summed E-state index contributed by atoms with van der Waals surface area (Å²) in [4.78, 5) is 5.22. The summed E-state index contributed by atoms with van der Waals surface area (Å²) >= 11 is 0. The third-order valence-corrected chi connectivity index (χ3v) is 4.42. The van der Waals surface area contributed by atoms with Crippen molar-refractivity contribution in [2.24, 2.45) is 0 Å². The maximum atomic E-state index is 3.62. The lowest BCUT2D eigenvalue weighted by Gasteiger charge is -2.41. The van der Waals surface area contributed by atoms with Gasteiger partial charge in [0.1, 0.15) is 0 Å². The Morgan fingerprint density at radius 2 is 1.48 bits per heavy atom. The van der Waals surface area contributed by atoms with Crippen LogP contribution in [-0.2, 0) is 0 Å². The van der Waals surface area contributed by atoms with Gasteiger partial charge >= 0.3 is 0 Å². The summed E-state index contributed by atoms with van der Waals surface area (Å²) in [5.41, 5.74) is 1.43. The van der Waals surface area contributed by atoms with Crippen molar-refractivity contribution in [3.8, 4) is 0 Å². The number of rotatable bonds is 6. The molecule has 0 aromatic heterocycles. The van der Waals surface area contributed by atoms with Gasteiger partial charge in [-0.25, -0.2) is 0 Å². The molecular weight excluding hydrogens is 258 g/mol. The van der Waals surface area contributed by atoms with E-state index in [2.05, 4.69) is 73.1 Å². The van der Waals surface area contributed by atoms with Crippen molar-refractivity contribution in [2.75, 3.05) is 32.7 Å². The molecule has 1 aromatic carbocycles. The number of nitrogens with one attached hydrogen (secondary N) is 1. The van der Waals surface area contributed by atoms with Crippen LogP contribution in [-0.4, -0.2) is 54.6 Å². The predicted octanol–water partition coefficient (Wildman–Crippen LogP) is 2.75. The largest absolute Gasteiger partial charge is 0.313 e. The maximum absolute atomic E-state index is 3.62. The van der Waals surface area contributed by atoms with Crippen LogP contribution in [0.2, 0.25) is 0 Å². The second kappa shape index (κ2) is 7.92. The molecule has 3 heteroatoms. The van der Waals surface area contributed by atoms with E-state index in [4.69, 9.17) is 0 Å². The fourth-order valence-corrected chi connectivity index (χ4v) is 3.05. The molecule has 1 heterocycles. The van der Waals surface area contributed by atoms with Crippen LogP contribution >= 0.6 is 0 Å². The van der Waals surface area contributed by atoms with Gasteiger partial charge in [0.05, 0.1) is 0 Å². The minimum Gasteiger partial charge on any atom is -0.313 e. The van der Waals surface area contributed by atoms with Gasteiger partial charge in [0, 0.05) is 50.8 Å². The molecule has 1 aliphatic rings. The first-order valence-corrected chi connectivity index (χ1v) is 8.34. The van der Waals surface area contributed by atoms with Crippen molar-refractivity contribution in [3.63, 3.8) is 0 Å². The van der Waals surface area contributed by atoms with Crippen molar-refractivity contribution < 1.29 is 0 Å². The fraction of sp³-hybridized carbons (Fsp3) is 0.667. The van der Waals surface area contributed by atoms with Crippen molar-refractivity contribution >= 4 is 0 Å². The monoisotopic (exact) mass is 289 g/mol. The Morgan fingerprint density at radius 3 is 2.00 bits per heavy atom. The molecule has 0 bridgehead atoms. The Labute approximate surface area is 130 Å². The highest BCUT2D eigenvalue weighted by atomic mass is 15.3. The first kappa shape index (κ1) is 16.5. The minimum atomic E-state index is 0.489. The molecule has 1 aliphatic heterocycles. The Bertz CT molecular complexity index is 394. The van der Waals surface area contributed by atoms with E-state index in [0.717, 1.165) is 19.6 Å². The van der Waals surface area contributed by atoms with E-state index in [0.29, 0.717) is 18.1 Å². The van der Waals surface area contributed by atoms with Gasteiger partial charge in [0.2, 0.25) is 0 Å². The Hall–Kier alpha value is -0.900. The minimum absolute atomic E-state index is 0.489. The molecule has 0 amide bonds. The lowest BCUT2D eigenvalue weighted by molar-refractivity contribution is 0.0767. The Morgan fingerprint density at radius 1 is 0.905 bits per heavy atom. The molecule has 2 rings (SSSR count). The topological polar surface area (TPSA) is 18.5 Å². The first-order valence-electron chi connectivity index (χ1n) is 8.34. The molecule has 1 fully saturated rings. The average molecular weight is 289 g/mol. The molecular formula is C18H31N3. The fourth-order valence-electron chi connectivity index (χ4n) is 3.05. The smallest absolute Gasteiger partial charge is 0.0473 e. The molecule has 0 saturated carbocycles. The molecule has 118 valence electrons. The van der Waals surface area contributed by atoms with Gasteiger partial charge in [-0.05, 0) is 19.4 Å². The van der Waals surface area contributed by atoms with Gasteiger partial charge in [-0.3, -0.25) is 9.80 Å². The molecule has 1 N–H and O–H groups in total. The highest BCUT2D eigenvalue weighted by molar-refractivity contribution is 5.19. The van der Waals surface area contributed by atoms with E-state index >= 15 is 0 Å². The van der Waals surface area contributed by atoms with Crippen LogP contribution in [0.1, 0.15) is 39.3 Å². The van der Waals surface area contributed by atoms with Crippen molar-refractivity contribution in [2.45, 2.75) is 45.8 Å². The highest BCUT2D eigenvalue weighted by Crippen LogP contribution is 2.22. The Kier molecular flexibility index (Phi) is 6.22. The van der Waals surface area contributed by atoms with E-state index in [1.807, 2.05) is 0 Å². The molecule has 21 heavy (non-hydrogen) atoms. The number of nitrogens with zero attached hydrogens (tertiary/aromatic N) is 2. The molecule has 0 aliphatic carbocycles. The quantitative estimate of drug-likeness (QED) is 0.869. The lowest BCUT2D eigenvalue weighted by atomic mass is 10.0. The standard InChI is InChI=1S/C18H31N3/c1-15(2)19-14-18(17-8-6-5-7-9-17)21-12-10-20(11-13-21)16(3)4/h5-9,15-16,18-19H,10-14H2,1-4H3. The van der Waals surface area contributed by atoms with E-state index in [1.165, 1.54) is 18.7 Å². The van der Waals surface area contributed by atoms with Crippen LogP contribution in [0.3, 0.4) is 0 Å². The van der Waals surface area contributed by atoms with Gasteiger partial charge < -0.3 is 5.32 Å². The summed E-state index contributed by atoms with van der Waals surface area (Å²) in [6.45, 7) is 14.8. The molecule has 1 aromatic rings. The summed E-state index contributed by atoms with van der Waals surface area (Å²) in [7, 11) is 0. The molecule has 3 nitrogen and oxygen atoms in total. The summed E-state index contributed by atoms with van der Waals surface area (Å²) in [5, 5.41) is 3.62. The third-order valence-electron chi connectivity index (χ3n) is 4.42. The summed E-state index contributed by atoms with van der Waals surface area (Å²) in [6.07, 6.45) is 0. The summed E-state index contributed by atoms with van der Waals surface area (Å²) in [5.74, 6) is 0. The van der Waals surface area contributed by atoms with Gasteiger partial charge in [0.25, 0.3) is 0 Å². The van der Waals surface area contributed by atoms with E-state index in [1.54, 1.807) is 0 Å². The third kappa shape index (κ3) is 4.80. The first-order chi connectivity index (χ1) is 10.1. The average Bonchev–Trinajstić information content (AvgIpc) is 2.49. The van der Waals surface area contributed by atoms with Gasteiger partial charge in [-0.2, -0.15) is 0 Å². The van der Waals surface area contributed by atoms with Crippen molar-refractivity contribution in [1.82, 2.24) is 15.1 Å². The van der Waals surface area contributed by atoms with E-state index in [-0.39, 0.29) is 0 Å². The van der Waals surface area contributed by atoms with E-state index < -0.39 is 0 Å².